The van der Waals surface area contributed by atoms with E-state index in [0.717, 1.165) is 18.5 Å². The van der Waals surface area contributed by atoms with Gasteiger partial charge >= 0.3 is 0 Å². The molecule has 0 bridgehead atoms. The van der Waals surface area contributed by atoms with E-state index in [2.05, 4.69) is 272 Å². The number of hydrogen-bond donors (Lipinski definition) is 0. The molecule has 80 heavy (non-hydrogen) atoms. The van der Waals surface area contributed by atoms with Crippen molar-refractivity contribution in [1.29, 1.82) is 0 Å². The van der Waals surface area contributed by atoms with E-state index in [9.17, 15) is 0 Å². The molecule has 0 amide bonds. The Bertz CT molecular complexity index is 3990. The zero-order chi connectivity index (χ0) is 56.5. The second-order valence-electron chi connectivity index (χ2n) is 29.4. The smallest absolute Gasteiger partial charge is 0.252 e. The predicted octanol–water partition coefficient (Wildman–Crippen LogP) is 19.8. The van der Waals surface area contributed by atoms with Gasteiger partial charge in [0.1, 0.15) is 0 Å². The molecule has 9 aromatic rings. The van der Waals surface area contributed by atoms with Gasteiger partial charge in [0.25, 0.3) is 6.71 Å². The van der Waals surface area contributed by atoms with Gasteiger partial charge in [0.2, 0.25) is 0 Å². The van der Waals surface area contributed by atoms with Gasteiger partial charge in [-0.3, -0.25) is 0 Å². The predicted molar refractivity (Wildman–Crippen MR) is 350 cm³/mol. The molecular formula is C75H82BN3S. The minimum Gasteiger partial charge on any atom is -0.311 e. The minimum atomic E-state index is -0.0289. The molecule has 0 N–H and O–H groups in total. The van der Waals surface area contributed by atoms with Crippen LogP contribution in [0.1, 0.15) is 173 Å². The maximum absolute atomic E-state index is 2.71. The molecule has 0 saturated heterocycles. The van der Waals surface area contributed by atoms with Crippen molar-refractivity contribution in [3.05, 3.63) is 190 Å². The normalized spacial score (nSPS) is 17.4. The Morgan fingerprint density at radius 1 is 0.450 bits per heavy atom. The lowest BCUT2D eigenvalue weighted by Crippen LogP contribution is -2.62. The summed E-state index contributed by atoms with van der Waals surface area (Å²) >= 11 is 1.90. The Labute approximate surface area is 483 Å². The van der Waals surface area contributed by atoms with Crippen LogP contribution in [0.2, 0.25) is 0 Å². The highest BCUT2D eigenvalue weighted by molar-refractivity contribution is 7.26. The third-order valence-corrected chi connectivity index (χ3v) is 20.9. The van der Waals surface area contributed by atoms with Crippen molar-refractivity contribution in [2.24, 2.45) is 0 Å². The fraction of sp³-hybridized carbons (Fsp3) is 0.360. The van der Waals surface area contributed by atoms with Crippen LogP contribution in [-0.4, -0.2) is 6.71 Å². The average molecular weight is 1070 g/mol. The van der Waals surface area contributed by atoms with Crippen LogP contribution >= 0.6 is 11.3 Å². The van der Waals surface area contributed by atoms with Crippen molar-refractivity contribution in [1.82, 2.24) is 0 Å². The number of anilines is 9. The molecule has 4 aliphatic rings. The molecule has 13 rings (SSSR count). The summed E-state index contributed by atoms with van der Waals surface area (Å²) in [5.74, 6) is 0. The number of thiophene rings is 1. The molecule has 1 aromatic heterocycles. The summed E-state index contributed by atoms with van der Waals surface area (Å²) in [7, 11) is 0. The molecule has 406 valence electrons. The third-order valence-electron chi connectivity index (χ3n) is 19.8. The van der Waals surface area contributed by atoms with Crippen LogP contribution < -0.4 is 31.1 Å². The van der Waals surface area contributed by atoms with E-state index in [1.54, 1.807) is 0 Å². The van der Waals surface area contributed by atoms with E-state index in [-0.39, 0.29) is 39.2 Å². The third kappa shape index (κ3) is 8.16. The summed E-state index contributed by atoms with van der Waals surface area (Å²) in [6, 6.07) is 55.9. The molecular weight excluding hydrogens is 986 g/mol. The summed E-state index contributed by atoms with van der Waals surface area (Å²) in [4.78, 5) is 7.97. The summed E-state index contributed by atoms with van der Waals surface area (Å²) in [5, 5.41) is 2.61. The van der Waals surface area contributed by atoms with Crippen molar-refractivity contribution in [3.63, 3.8) is 0 Å². The van der Waals surface area contributed by atoms with E-state index >= 15 is 0 Å². The van der Waals surface area contributed by atoms with E-state index < -0.39 is 0 Å². The summed E-state index contributed by atoms with van der Waals surface area (Å²) in [6.45, 7) is 40.7. The Morgan fingerprint density at radius 3 is 1.59 bits per heavy atom. The topological polar surface area (TPSA) is 9.72 Å². The highest BCUT2D eigenvalue weighted by Crippen LogP contribution is 2.55. The van der Waals surface area contributed by atoms with Gasteiger partial charge in [-0.1, -0.05) is 164 Å². The second-order valence-corrected chi connectivity index (χ2v) is 30.5. The standard InChI is InChI=1S/C75H82BN3S/c1-45-37-64-69-65(38-45)79(61-22-20-24-67-68(61)52-21-18-19-23-66(52)80-67)62-42-51(77(59-31-25-48(39-46(59)2)70(4,5)6)60-32-26-49(40-47(60)3)71(7,8)9)28-30-57(62)76(69)58-43-55-56(75(16,17)36-35-74(55,14)15)44-63(58)78(64)50-27-29-53-54(41-50)73(12,13)34-33-72(53,10)11/h18-32,37-44H,33-36H2,1-17H3. The number of benzene rings is 8. The van der Waals surface area contributed by atoms with Gasteiger partial charge in [0.05, 0.1) is 5.69 Å². The summed E-state index contributed by atoms with van der Waals surface area (Å²) in [5.41, 5.74) is 27.9. The van der Waals surface area contributed by atoms with Crippen molar-refractivity contribution in [2.75, 3.05) is 14.7 Å². The lowest BCUT2D eigenvalue weighted by Gasteiger charge is -2.48. The molecule has 5 heteroatoms. The first-order valence-corrected chi connectivity index (χ1v) is 30.6. The Hall–Kier alpha value is -6.56. The molecule has 0 unspecified atom stereocenters. The largest absolute Gasteiger partial charge is 0.311 e. The van der Waals surface area contributed by atoms with Gasteiger partial charge in [-0.05, 0) is 218 Å². The SMILES string of the molecule is Cc1cc2c3c(c1)N(c1cccc4sc5ccccc5c14)c1cc(N(c4ccc(C(C)(C)C)cc4C)c4ccc(C(C)(C)C)cc4C)ccc1B3c1cc3c(cc1N2c1ccc2c(c1)C(C)(C)CCC2(C)C)C(C)(C)CCC3(C)C. The van der Waals surface area contributed by atoms with E-state index in [1.807, 2.05) is 11.3 Å². The summed E-state index contributed by atoms with van der Waals surface area (Å²) < 4.78 is 2.62. The summed E-state index contributed by atoms with van der Waals surface area (Å²) in [6.07, 6.45) is 4.68. The van der Waals surface area contributed by atoms with Gasteiger partial charge in [0.15, 0.2) is 0 Å². The molecule has 2 aliphatic carbocycles. The van der Waals surface area contributed by atoms with Crippen molar-refractivity contribution in [3.8, 4) is 0 Å². The average Bonchev–Trinajstić information content (AvgIpc) is 3.45. The van der Waals surface area contributed by atoms with Crippen molar-refractivity contribution in [2.45, 2.75) is 176 Å². The number of nitrogens with zero attached hydrogens (tertiary/aromatic N) is 3. The fourth-order valence-corrected chi connectivity index (χ4v) is 15.8. The number of rotatable bonds is 5. The lowest BCUT2D eigenvalue weighted by atomic mass is 9.33. The first kappa shape index (κ1) is 52.8. The highest BCUT2D eigenvalue weighted by Gasteiger charge is 2.48. The van der Waals surface area contributed by atoms with Gasteiger partial charge in [-0.15, -0.1) is 11.3 Å². The van der Waals surface area contributed by atoms with Crippen LogP contribution in [0.25, 0.3) is 20.2 Å². The number of hydrogen-bond acceptors (Lipinski definition) is 4. The maximum Gasteiger partial charge on any atom is 0.252 e. The molecule has 2 aliphatic heterocycles. The lowest BCUT2D eigenvalue weighted by molar-refractivity contribution is 0.332. The van der Waals surface area contributed by atoms with E-state index in [0.29, 0.717) is 0 Å². The van der Waals surface area contributed by atoms with Gasteiger partial charge in [0, 0.05) is 65.7 Å². The second kappa shape index (κ2) is 17.7. The number of fused-ring (bicyclic) bond motifs is 9. The Balaban J connectivity index is 1.14. The zero-order valence-corrected chi connectivity index (χ0v) is 51.8. The van der Waals surface area contributed by atoms with Crippen LogP contribution in [0.3, 0.4) is 0 Å². The van der Waals surface area contributed by atoms with Crippen LogP contribution in [0, 0.1) is 20.8 Å². The molecule has 8 aromatic carbocycles. The molecule has 0 atom stereocenters. The number of aryl methyl sites for hydroxylation is 3. The van der Waals surface area contributed by atoms with E-state index in [1.165, 1.54) is 145 Å². The molecule has 3 heterocycles. The monoisotopic (exact) mass is 1070 g/mol. The first-order valence-electron chi connectivity index (χ1n) is 29.8. The Kier molecular flexibility index (Phi) is 11.7. The Morgan fingerprint density at radius 2 is 0.988 bits per heavy atom. The fourth-order valence-electron chi connectivity index (χ4n) is 14.7. The van der Waals surface area contributed by atoms with Gasteiger partial charge in [-0.25, -0.2) is 0 Å². The first-order chi connectivity index (χ1) is 37.6. The quantitative estimate of drug-likeness (QED) is 0.159. The molecule has 0 spiro atoms. The molecule has 0 fully saturated rings. The van der Waals surface area contributed by atoms with Gasteiger partial charge in [-0.2, -0.15) is 0 Å². The van der Waals surface area contributed by atoms with Crippen molar-refractivity contribution < 1.29 is 0 Å². The molecule has 3 nitrogen and oxygen atoms in total. The van der Waals surface area contributed by atoms with Crippen LogP contribution in [-0.2, 0) is 32.5 Å². The molecule has 0 radical (unpaired) electrons. The zero-order valence-electron chi connectivity index (χ0n) is 50.9. The van der Waals surface area contributed by atoms with Gasteiger partial charge < -0.3 is 14.7 Å². The van der Waals surface area contributed by atoms with Crippen LogP contribution in [0.15, 0.2) is 140 Å². The van der Waals surface area contributed by atoms with E-state index in [4.69, 9.17) is 0 Å². The maximum atomic E-state index is 2.71. The van der Waals surface area contributed by atoms with Crippen molar-refractivity contribution >= 4 is 106 Å². The van der Waals surface area contributed by atoms with Crippen LogP contribution in [0.4, 0.5) is 51.2 Å². The molecule has 0 saturated carbocycles. The minimum absolute atomic E-state index is 0.0193. The van der Waals surface area contributed by atoms with Crippen LogP contribution in [0.5, 0.6) is 0 Å². The highest BCUT2D eigenvalue weighted by atomic mass is 32.1.